The smallest absolute Gasteiger partial charge is 0.322 e. The quantitative estimate of drug-likeness (QED) is 0.714. The van der Waals surface area contributed by atoms with Crippen LogP contribution in [0.4, 0.5) is 5.95 Å². The van der Waals surface area contributed by atoms with E-state index in [0.29, 0.717) is 5.95 Å². The summed E-state index contributed by atoms with van der Waals surface area (Å²) in [7, 11) is 1.48. The van der Waals surface area contributed by atoms with Crippen LogP contribution in [-0.2, 0) is 0 Å². The van der Waals surface area contributed by atoms with Gasteiger partial charge in [-0.05, 0) is 12.1 Å². The summed E-state index contributed by atoms with van der Waals surface area (Å²) in [6.45, 7) is 0. The summed E-state index contributed by atoms with van der Waals surface area (Å²) < 4.78 is 6.70. The number of para-hydroxylation sites is 2. The molecular formula is C11H10N6O. The molecule has 0 unspecified atom stereocenters. The van der Waals surface area contributed by atoms with Gasteiger partial charge in [0.05, 0.1) is 18.1 Å². The number of hydrogen-bond acceptors (Lipinski definition) is 6. The van der Waals surface area contributed by atoms with E-state index in [4.69, 9.17) is 10.5 Å². The Hall–Kier alpha value is -2.70. The van der Waals surface area contributed by atoms with Crippen molar-refractivity contribution in [3.8, 4) is 12.0 Å². The number of nitrogen functional groups attached to an aromatic ring is 1. The lowest BCUT2D eigenvalue weighted by atomic mass is 10.3. The van der Waals surface area contributed by atoms with Crippen molar-refractivity contribution in [3.05, 3.63) is 30.6 Å². The van der Waals surface area contributed by atoms with Crippen molar-refractivity contribution in [1.82, 2.24) is 24.5 Å². The van der Waals surface area contributed by atoms with Crippen molar-refractivity contribution in [1.29, 1.82) is 0 Å². The van der Waals surface area contributed by atoms with Gasteiger partial charge in [-0.15, -0.1) is 0 Å². The molecule has 0 radical (unpaired) electrons. The molecule has 90 valence electrons. The van der Waals surface area contributed by atoms with Gasteiger partial charge in [-0.3, -0.25) is 4.57 Å². The fourth-order valence-electron chi connectivity index (χ4n) is 1.68. The monoisotopic (exact) mass is 242 g/mol. The summed E-state index contributed by atoms with van der Waals surface area (Å²) in [6, 6.07) is 7.85. The van der Waals surface area contributed by atoms with Crippen molar-refractivity contribution in [3.63, 3.8) is 0 Å². The van der Waals surface area contributed by atoms with E-state index in [1.165, 1.54) is 7.11 Å². The van der Waals surface area contributed by atoms with E-state index in [9.17, 15) is 0 Å². The molecule has 0 fully saturated rings. The number of nitrogens with zero attached hydrogens (tertiary/aromatic N) is 5. The number of ether oxygens (including phenoxy) is 1. The Morgan fingerprint density at radius 1 is 1.17 bits per heavy atom. The van der Waals surface area contributed by atoms with Gasteiger partial charge in [0.1, 0.15) is 6.33 Å². The van der Waals surface area contributed by atoms with Crippen LogP contribution in [0, 0.1) is 0 Å². The Balaban J connectivity index is 2.22. The van der Waals surface area contributed by atoms with Gasteiger partial charge >= 0.3 is 6.01 Å². The highest BCUT2D eigenvalue weighted by Crippen LogP contribution is 2.16. The van der Waals surface area contributed by atoms with Gasteiger partial charge in [-0.25, -0.2) is 4.98 Å². The summed E-state index contributed by atoms with van der Waals surface area (Å²) in [5.41, 5.74) is 7.36. The maximum absolute atomic E-state index is 5.61. The van der Waals surface area contributed by atoms with Gasteiger partial charge in [0.15, 0.2) is 0 Å². The van der Waals surface area contributed by atoms with E-state index in [2.05, 4.69) is 19.9 Å². The molecule has 0 saturated heterocycles. The summed E-state index contributed by atoms with van der Waals surface area (Å²) in [6.07, 6.45) is 1.64. The third kappa shape index (κ3) is 1.61. The first-order valence-corrected chi connectivity index (χ1v) is 5.26. The van der Waals surface area contributed by atoms with Crippen molar-refractivity contribution >= 4 is 17.0 Å². The molecule has 2 N–H and O–H groups in total. The number of benzene rings is 1. The van der Waals surface area contributed by atoms with E-state index in [1.54, 1.807) is 10.9 Å². The average Bonchev–Trinajstić information content (AvgIpc) is 2.81. The lowest BCUT2D eigenvalue weighted by molar-refractivity contribution is 0.378. The molecule has 2 heterocycles. The van der Waals surface area contributed by atoms with E-state index in [1.807, 2.05) is 24.3 Å². The van der Waals surface area contributed by atoms with Crippen molar-refractivity contribution in [2.45, 2.75) is 0 Å². The van der Waals surface area contributed by atoms with Crippen LogP contribution >= 0.6 is 0 Å². The van der Waals surface area contributed by atoms with E-state index < -0.39 is 0 Å². The normalized spacial score (nSPS) is 10.7. The second-order valence-corrected chi connectivity index (χ2v) is 3.58. The van der Waals surface area contributed by atoms with Crippen molar-refractivity contribution in [2.24, 2.45) is 0 Å². The zero-order valence-electron chi connectivity index (χ0n) is 9.61. The van der Waals surface area contributed by atoms with Crippen molar-refractivity contribution < 1.29 is 4.74 Å². The lowest BCUT2D eigenvalue weighted by Gasteiger charge is -2.04. The third-order valence-electron chi connectivity index (χ3n) is 2.47. The van der Waals surface area contributed by atoms with E-state index >= 15 is 0 Å². The average molecular weight is 242 g/mol. The second-order valence-electron chi connectivity index (χ2n) is 3.58. The van der Waals surface area contributed by atoms with Crippen LogP contribution in [0.15, 0.2) is 30.6 Å². The maximum atomic E-state index is 5.61. The highest BCUT2D eigenvalue weighted by Gasteiger charge is 2.09. The van der Waals surface area contributed by atoms with Gasteiger partial charge in [-0.1, -0.05) is 12.1 Å². The molecule has 0 spiro atoms. The zero-order valence-corrected chi connectivity index (χ0v) is 9.61. The van der Waals surface area contributed by atoms with Crippen LogP contribution in [-0.4, -0.2) is 31.6 Å². The molecule has 0 saturated carbocycles. The molecule has 0 aliphatic heterocycles. The van der Waals surface area contributed by atoms with Gasteiger partial charge in [0.25, 0.3) is 0 Å². The van der Waals surface area contributed by atoms with Gasteiger partial charge in [-0.2, -0.15) is 15.0 Å². The SMILES string of the molecule is COc1nc(N)nc(-n2cnc3ccccc32)n1. The number of nitrogens with two attached hydrogens (primary N) is 1. The Kier molecular flexibility index (Phi) is 2.30. The molecule has 18 heavy (non-hydrogen) atoms. The predicted octanol–water partition coefficient (Wildman–Crippen LogP) is 0.801. The van der Waals surface area contributed by atoms with Crippen LogP contribution in [0.5, 0.6) is 6.01 Å². The molecule has 0 atom stereocenters. The Morgan fingerprint density at radius 2 is 2.00 bits per heavy atom. The highest BCUT2D eigenvalue weighted by atomic mass is 16.5. The van der Waals surface area contributed by atoms with Crippen LogP contribution in [0.1, 0.15) is 0 Å². The van der Waals surface area contributed by atoms with Crippen molar-refractivity contribution in [2.75, 3.05) is 12.8 Å². The first-order chi connectivity index (χ1) is 8.78. The molecule has 0 bridgehead atoms. The minimum Gasteiger partial charge on any atom is -0.467 e. The summed E-state index contributed by atoms with van der Waals surface area (Å²) in [5.74, 6) is 0.489. The predicted molar refractivity (Wildman–Crippen MR) is 65.4 cm³/mol. The van der Waals surface area contributed by atoms with Crippen LogP contribution < -0.4 is 10.5 Å². The number of anilines is 1. The fourth-order valence-corrected chi connectivity index (χ4v) is 1.68. The Bertz CT molecular complexity index is 708. The number of fused-ring (bicyclic) bond motifs is 1. The fraction of sp³-hybridized carbons (Fsp3) is 0.0909. The van der Waals surface area contributed by atoms with Gasteiger partial charge in [0.2, 0.25) is 11.9 Å². The molecule has 0 aliphatic rings. The molecule has 3 rings (SSSR count). The molecule has 7 nitrogen and oxygen atoms in total. The number of hydrogen-bond donors (Lipinski definition) is 1. The first-order valence-electron chi connectivity index (χ1n) is 5.26. The largest absolute Gasteiger partial charge is 0.467 e. The van der Waals surface area contributed by atoms with E-state index in [0.717, 1.165) is 11.0 Å². The molecule has 1 aromatic carbocycles. The van der Waals surface area contributed by atoms with Crippen LogP contribution in [0.25, 0.3) is 17.0 Å². The third-order valence-corrected chi connectivity index (χ3v) is 2.47. The highest BCUT2D eigenvalue weighted by molar-refractivity contribution is 5.76. The number of rotatable bonds is 2. The summed E-state index contributed by atoms with van der Waals surface area (Å²) >= 11 is 0. The van der Waals surface area contributed by atoms with Gasteiger partial charge < -0.3 is 10.5 Å². The molecule has 7 heteroatoms. The molecule has 2 aromatic heterocycles. The number of aromatic nitrogens is 5. The lowest BCUT2D eigenvalue weighted by Crippen LogP contribution is -2.07. The molecule has 3 aromatic rings. The van der Waals surface area contributed by atoms with E-state index in [-0.39, 0.29) is 12.0 Å². The van der Waals surface area contributed by atoms with Gasteiger partial charge in [0, 0.05) is 0 Å². The Morgan fingerprint density at radius 3 is 2.83 bits per heavy atom. The number of imidazole rings is 1. The summed E-state index contributed by atoms with van der Waals surface area (Å²) in [4.78, 5) is 16.3. The molecular weight excluding hydrogens is 232 g/mol. The zero-order chi connectivity index (χ0) is 12.5. The topological polar surface area (TPSA) is 91.7 Å². The Labute approximate surface area is 102 Å². The first kappa shape index (κ1) is 10.5. The molecule has 0 aliphatic carbocycles. The minimum absolute atomic E-state index is 0.106. The number of methoxy groups -OCH3 is 1. The maximum Gasteiger partial charge on any atom is 0.322 e. The standard InChI is InChI=1S/C11H10N6O/c1-18-11-15-9(12)14-10(16-11)17-6-13-7-4-2-3-5-8(7)17/h2-6H,1H3,(H2,12,14,15,16). The molecule has 0 amide bonds. The van der Waals surface area contributed by atoms with Crippen LogP contribution in [0.3, 0.4) is 0 Å². The minimum atomic E-state index is 0.106. The summed E-state index contributed by atoms with van der Waals surface area (Å²) in [5, 5.41) is 0. The van der Waals surface area contributed by atoms with Crippen LogP contribution in [0.2, 0.25) is 0 Å². The second kappa shape index (κ2) is 3.95.